The fourth-order valence-electron chi connectivity index (χ4n) is 13.7. The number of hydrogen-bond donors (Lipinski definition) is 0. The van der Waals surface area contributed by atoms with Gasteiger partial charge in [0, 0.05) is 29.7 Å². The average molecular weight is 1370 g/mol. The number of methoxy groups -OCH3 is 1. The van der Waals surface area contributed by atoms with Crippen LogP contribution in [0.15, 0.2) is 109 Å². The Balaban J connectivity index is 0.000000176. The molecule has 5 aliphatic rings. The molecule has 5 aliphatic carbocycles. The molecule has 0 spiro atoms. The van der Waals surface area contributed by atoms with E-state index in [2.05, 4.69) is 165 Å². The molecule has 6 aromatic rings. The van der Waals surface area contributed by atoms with Gasteiger partial charge in [-0.05, 0) is 273 Å². The molecule has 1 saturated carbocycles. The maximum atomic E-state index is 12.4. The second-order valence-electron chi connectivity index (χ2n) is 33.6. The van der Waals surface area contributed by atoms with Crippen LogP contribution < -0.4 is 28.4 Å². The lowest BCUT2D eigenvalue weighted by Gasteiger charge is -2.30. The Labute approximate surface area is 604 Å². The van der Waals surface area contributed by atoms with Crippen LogP contribution >= 0.6 is 0 Å². The van der Waals surface area contributed by atoms with Crippen molar-refractivity contribution in [3.05, 3.63) is 154 Å². The molecule has 0 aliphatic heterocycles. The Kier molecular flexibility index (Phi) is 28.3. The van der Waals surface area contributed by atoms with E-state index in [0.717, 1.165) is 70.8 Å². The van der Waals surface area contributed by atoms with Gasteiger partial charge in [-0.15, -0.1) is 0 Å². The third-order valence-corrected chi connectivity index (χ3v) is 21.4. The van der Waals surface area contributed by atoms with E-state index >= 15 is 0 Å². The van der Waals surface area contributed by atoms with Crippen molar-refractivity contribution < 1.29 is 52.2 Å². The van der Waals surface area contributed by atoms with E-state index < -0.39 is 17.2 Å². The van der Waals surface area contributed by atoms with Crippen LogP contribution in [0.1, 0.15) is 279 Å². The summed E-state index contributed by atoms with van der Waals surface area (Å²) < 4.78 is 52.0. The quantitative estimate of drug-likeness (QED) is 0.0376. The Morgan fingerprint density at radius 2 is 0.890 bits per heavy atom. The first-order chi connectivity index (χ1) is 46.9. The topological polar surface area (TPSA) is 117 Å². The second-order valence-corrected chi connectivity index (χ2v) is 33.6. The molecule has 0 bridgehead atoms. The number of benzene rings is 6. The van der Waals surface area contributed by atoms with Gasteiger partial charge in [0.15, 0.2) is 0 Å². The summed E-state index contributed by atoms with van der Waals surface area (Å²) in [5.41, 5.74) is 10.1. The van der Waals surface area contributed by atoms with Crippen LogP contribution in [0.2, 0.25) is 0 Å². The van der Waals surface area contributed by atoms with E-state index in [1.54, 1.807) is 7.11 Å². The number of carbonyl (C=O) groups is 2. The normalized spacial score (nSPS) is 21.4. The van der Waals surface area contributed by atoms with Crippen molar-refractivity contribution in [3.63, 3.8) is 0 Å². The molecule has 0 saturated heterocycles. The molecule has 6 aromatic carbocycles. The zero-order valence-corrected chi connectivity index (χ0v) is 66.2. The zero-order chi connectivity index (χ0) is 73.8. The van der Waals surface area contributed by atoms with Crippen molar-refractivity contribution in [1.82, 2.24) is 0 Å². The van der Waals surface area contributed by atoms with E-state index in [1.807, 2.05) is 111 Å². The summed E-state index contributed by atoms with van der Waals surface area (Å²) in [6, 6.07) is 37.1. The van der Waals surface area contributed by atoms with Gasteiger partial charge in [0.2, 0.25) is 12.6 Å². The molecule has 550 valence electrons. The van der Waals surface area contributed by atoms with Crippen molar-refractivity contribution >= 4 is 22.9 Å². The lowest BCUT2D eigenvalue weighted by molar-refractivity contribution is -0.150. The molecule has 10 atom stereocenters. The minimum absolute atomic E-state index is 0.0654. The largest absolute Gasteiger partial charge is 0.514 e. The van der Waals surface area contributed by atoms with Crippen LogP contribution in [-0.4, -0.2) is 54.7 Å². The van der Waals surface area contributed by atoms with Gasteiger partial charge in [-0.25, -0.2) is 4.79 Å². The van der Waals surface area contributed by atoms with Crippen LogP contribution in [0.4, 0.5) is 4.79 Å². The molecular weight excluding hydrogens is 1240 g/mol. The van der Waals surface area contributed by atoms with E-state index in [4.69, 9.17) is 42.6 Å². The molecule has 1 fully saturated rings. The fraction of sp³-hybridized carbons (Fsp3) is 0.596. The van der Waals surface area contributed by atoms with Gasteiger partial charge >= 0.3 is 12.1 Å². The van der Waals surface area contributed by atoms with Crippen LogP contribution in [-0.2, 0) is 44.7 Å². The summed E-state index contributed by atoms with van der Waals surface area (Å²) in [6.07, 6.45) is 12.1. The van der Waals surface area contributed by atoms with Crippen molar-refractivity contribution in [1.29, 1.82) is 0 Å². The highest BCUT2D eigenvalue weighted by atomic mass is 16.7. The predicted molar refractivity (Wildman–Crippen MR) is 410 cm³/mol. The fourth-order valence-corrected chi connectivity index (χ4v) is 13.7. The molecule has 11 rings (SSSR count). The highest BCUT2D eigenvalue weighted by Gasteiger charge is 2.33. The Morgan fingerprint density at radius 3 is 1.35 bits per heavy atom. The molecular formula is C89H128O11. The predicted octanol–water partition coefficient (Wildman–Crippen LogP) is 23.9. The van der Waals surface area contributed by atoms with E-state index in [9.17, 15) is 9.59 Å². The van der Waals surface area contributed by atoms with Crippen LogP contribution in [0.3, 0.4) is 0 Å². The number of fused-ring (bicyclic) bond motifs is 5. The first-order valence-corrected chi connectivity index (χ1v) is 38.0. The molecule has 0 heterocycles. The highest BCUT2D eigenvalue weighted by Crippen LogP contribution is 2.44. The van der Waals surface area contributed by atoms with Crippen LogP contribution in [0.5, 0.6) is 34.5 Å². The van der Waals surface area contributed by atoms with Gasteiger partial charge in [0.05, 0.1) is 11.5 Å². The summed E-state index contributed by atoms with van der Waals surface area (Å²) in [5.74, 6) is 10.8. The monoisotopic (exact) mass is 1370 g/mol. The van der Waals surface area contributed by atoms with Crippen LogP contribution in [0.25, 0.3) is 10.8 Å². The van der Waals surface area contributed by atoms with E-state index in [0.29, 0.717) is 59.0 Å². The Morgan fingerprint density at radius 1 is 0.450 bits per heavy atom. The average Bonchev–Trinajstić information content (AvgIpc) is 1.58. The van der Waals surface area contributed by atoms with Gasteiger partial charge < -0.3 is 42.6 Å². The number of carbonyl (C=O) groups excluding carboxylic acids is 2. The lowest BCUT2D eigenvalue weighted by Crippen LogP contribution is -2.32. The summed E-state index contributed by atoms with van der Waals surface area (Å²) in [6.45, 7) is 50.8. The van der Waals surface area contributed by atoms with Crippen molar-refractivity contribution in [2.45, 2.75) is 296 Å². The van der Waals surface area contributed by atoms with Crippen molar-refractivity contribution in [3.8, 4) is 34.5 Å². The molecule has 0 radical (unpaired) electrons. The maximum Gasteiger partial charge on any atom is 0.514 e. The molecule has 100 heavy (non-hydrogen) atoms. The number of ether oxygens (including phenoxy) is 9. The lowest BCUT2D eigenvalue weighted by atomic mass is 9.90. The second kappa shape index (κ2) is 35.1. The Hall–Kier alpha value is -6.56. The van der Waals surface area contributed by atoms with Crippen molar-refractivity contribution in [2.24, 2.45) is 40.9 Å². The zero-order valence-electron chi connectivity index (χ0n) is 66.2. The van der Waals surface area contributed by atoms with Gasteiger partial charge in [0.25, 0.3) is 0 Å². The highest BCUT2D eigenvalue weighted by molar-refractivity contribution is 5.95. The first kappa shape index (κ1) is 80.7. The van der Waals surface area contributed by atoms with Gasteiger partial charge in [-0.1, -0.05) is 165 Å². The van der Waals surface area contributed by atoms with Crippen LogP contribution in [0, 0.1) is 40.9 Å². The Bertz CT molecular complexity index is 3610. The summed E-state index contributed by atoms with van der Waals surface area (Å²) in [7, 11) is 1.70. The SMILES string of the molecule is CC(C)C(Oc1ccc2c(c1)C(C)C(C)C2)OC1CCCCC1.CC1Cc2cc(OC(=O)OC(C)(C)C)ccc2C1C.CCC(C)(C)C(=O)Oc1cccc2c(OC(C)(C)C)cccc12.CCC(C)(C)Oc1ccc2c(c1)CC(C)C2C.COC(Oc1ccc2c(c1)C(C)C(C)C2)C(C)C. The minimum atomic E-state index is -0.647. The third-order valence-electron chi connectivity index (χ3n) is 21.4. The summed E-state index contributed by atoms with van der Waals surface area (Å²) >= 11 is 0. The number of rotatable bonds is 17. The minimum Gasteiger partial charge on any atom is -0.488 e. The molecule has 10 unspecified atom stereocenters. The maximum absolute atomic E-state index is 12.4. The molecule has 0 amide bonds. The van der Waals surface area contributed by atoms with Gasteiger partial charge in [-0.3, -0.25) is 4.79 Å². The van der Waals surface area contributed by atoms with E-state index in [-0.39, 0.29) is 29.8 Å². The standard InChI is InChI=1S/C21H32O2.C20H26O3.C16H22O3.C16H24O2.C16H24O/c1-14(2)21(22-18-8-6-5-7-9-18)23-19-11-10-17-12-15(3)16(4)20(17)13-19;1-7-20(5,6)18(21)22-16-12-8-11-15-14(16)10-9-13-17(15)23-19(2,3)4;1-10-8-12-9-13(6-7-14(12)11(10)2)18-15(17)19-16(3,4)5;1-10(2)16(17-5)18-14-7-6-13-8-11(3)12(4)15(13)9-14;1-6-16(4,5)17-14-7-8-15-12(3)11(2)9-13(15)10-14/h10-11,13-16,18,21H,5-9,12H2,1-4H3;8-13H,7H2,1-6H3;6-7,9-11H,8H2,1-5H3;6-7,9-12,16H,8H2,1-5H3;7-8,10-12H,6,9H2,1-5H3. The third kappa shape index (κ3) is 22.5. The summed E-state index contributed by atoms with van der Waals surface area (Å²) in [4.78, 5) is 24.0. The molecule has 11 heteroatoms. The van der Waals surface area contributed by atoms with Crippen molar-refractivity contribution in [2.75, 3.05) is 7.11 Å². The van der Waals surface area contributed by atoms with Gasteiger partial charge in [-0.2, -0.15) is 0 Å². The first-order valence-electron chi connectivity index (χ1n) is 38.0. The number of esters is 1. The summed E-state index contributed by atoms with van der Waals surface area (Å²) in [5, 5.41) is 1.83. The number of hydrogen-bond acceptors (Lipinski definition) is 11. The molecule has 0 N–H and O–H groups in total. The molecule has 0 aromatic heterocycles. The molecule has 11 nitrogen and oxygen atoms in total. The smallest absolute Gasteiger partial charge is 0.488 e. The van der Waals surface area contributed by atoms with Gasteiger partial charge in [0.1, 0.15) is 51.3 Å². The van der Waals surface area contributed by atoms with E-state index in [1.165, 1.54) is 95.9 Å².